The molecular weight excluding hydrogens is 320 g/mol. The minimum atomic E-state index is 0.284. The summed E-state index contributed by atoms with van der Waals surface area (Å²) in [5, 5.41) is 24.0. The van der Waals surface area contributed by atoms with Gasteiger partial charge in [-0.15, -0.1) is 0 Å². The highest BCUT2D eigenvalue weighted by Crippen LogP contribution is 2.41. The zero-order valence-corrected chi connectivity index (χ0v) is 13.4. The predicted octanol–water partition coefficient (Wildman–Crippen LogP) is 5.99. The van der Waals surface area contributed by atoms with Crippen molar-refractivity contribution in [1.82, 2.24) is 0 Å². The molecule has 4 rings (SSSR count). The van der Waals surface area contributed by atoms with E-state index in [0.717, 1.165) is 32.3 Å². The number of benzene rings is 4. The lowest BCUT2D eigenvalue weighted by Gasteiger charge is -2.12. The summed E-state index contributed by atoms with van der Waals surface area (Å²) >= 11 is 0. The van der Waals surface area contributed by atoms with Crippen molar-refractivity contribution < 1.29 is 0 Å². The quantitative estimate of drug-likeness (QED) is 0.294. The molecule has 26 heavy (non-hydrogen) atoms. The summed E-state index contributed by atoms with van der Waals surface area (Å²) in [6.07, 6.45) is 0. The molecule has 0 spiro atoms. The number of nitrogens with zero attached hydrogens (tertiary/aromatic N) is 4. The summed E-state index contributed by atoms with van der Waals surface area (Å²) in [4.78, 5) is 6.95. The van der Waals surface area contributed by atoms with Crippen LogP contribution in [0.2, 0.25) is 0 Å². The maximum absolute atomic E-state index is 9.39. The van der Waals surface area contributed by atoms with E-state index >= 15 is 0 Å². The predicted molar refractivity (Wildman–Crippen MR) is 101 cm³/mol. The molecular formula is C22H8N4. The minimum Gasteiger partial charge on any atom is -0.250 e. The van der Waals surface area contributed by atoms with Gasteiger partial charge in [-0.1, -0.05) is 36.4 Å². The van der Waals surface area contributed by atoms with Gasteiger partial charge in [-0.2, -0.15) is 10.5 Å². The average Bonchev–Trinajstić information content (AvgIpc) is 2.71. The van der Waals surface area contributed by atoms with Gasteiger partial charge < -0.3 is 0 Å². The molecule has 4 aromatic carbocycles. The highest BCUT2D eigenvalue weighted by atomic mass is 14.7. The van der Waals surface area contributed by atoms with Gasteiger partial charge in [0.25, 0.3) is 0 Å². The van der Waals surface area contributed by atoms with Gasteiger partial charge in [0.2, 0.25) is 0 Å². The van der Waals surface area contributed by atoms with Crippen molar-refractivity contribution in [2.45, 2.75) is 0 Å². The van der Waals surface area contributed by atoms with Crippen molar-refractivity contribution in [3.05, 3.63) is 82.5 Å². The number of nitriles is 2. The summed E-state index contributed by atoms with van der Waals surface area (Å²) < 4.78 is 0. The topological polar surface area (TPSA) is 56.3 Å². The van der Waals surface area contributed by atoms with E-state index in [9.17, 15) is 10.5 Å². The summed E-state index contributed by atoms with van der Waals surface area (Å²) in [7, 11) is 0. The zero-order valence-electron chi connectivity index (χ0n) is 13.4. The van der Waals surface area contributed by atoms with Gasteiger partial charge in [0.15, 0.2) is 11.4 Å². The van der Waals surface area contributed by atoms with Crippen LogP contribution in [0.4, 0.5) is 11.4 Å². The highest BCUT2D eigenvalue weighted by Gasteiger charge is 2.14. The van der Waals surface area contributed by atoms with Crippen molar-refractivity contribution in [2.75, 3.05) is 0 Å². The van der Waals surface area contributed by atoms with Crippen molar-refractivity contribution in [2.24, 2.45) is 0 Å². The van der Waals surface area contributed by atoms with Crippen molar-refractivity contribution in [3.63, 3.8) is 0 Å². The number of hydrogen-bond acceptors (Lipinski definition) is 2. The SMILES string of the molecule is [C-]#[N+]c1cc2c3ccccc3c3cc(C#N)c(C#N)cc3c2cc1[N+]#[C-]. The van der Waals surface area contributed by atoms with Crippen LogP contribution < -0.4 is 0 Å². The molecule has 0 aliphatic rings. The van der Waals surface area contributed by atoms with Crippen LogP contribution in [-0.2, 0) is 0 Å². The van der Waals surface area contributed by atoms with Crippen molar-refractivity contribution >= 4 is 43.7 Å². The van der Waals surface area contributed by atoms with Crippen LogP contribution in [0.3, 0.4) is 0 Å². The van der Waals surface area contributed by atoms with Crippen LogP contribution in [0.15, 0.2) is 48.5 Å². The fourth-order valence-electron chi connectivity index (χ4n) is 3.38. The minimum absolute atomic E-state index is 0.284. The van der Waals surface area contributed by atoms with E-state index in [4.69, 9.17) is 13.1 Å². The first kappa shape index (κ1) is 15.2. The molecule has 4 aromatic rings. The first-order valence-corrected chi connectivity index (χ1v) is 7.73. The van der Waals surface area contributed by atoms with Gasteiger partial charge in [-0.05, 0) is 44.5 Å². The van der Waals surface area contributed by atoms with E-state index in [1.165, 1.54) is 0 Å². The smallest absolute Gasteiger partial charge is 0.195 e. The number of rotatable bonds is 0. The van der Waals surface area contributed by atoms with Crippen LogP contribution in [0.1, 0.15) is 11.1 Å². The third kappa shape index (κ3) is 1.98. The third-order valence-electron chi connectivity index (χ3n) is 4.55. The second kappa shape index (κ2) is 5.61. The van der Waals surface area contributed by atoms with E-state index in [1.54, 1.807) is 24.3 Å². The Morgan fingerprint density at radius 3 is 1.42 bits per heavy atom. The fourth-order valence-corrected chi connectivity index (χ4v) is 3.38. The molecule has 0 heterocycles. The van der Waals surface area contributed by atoms with Gasteiger partial charge in [0.1, 0.15) is 12.1 Å². The van der Waals surface area contributed by atoms with Gasteiger partial charge in [-0.25, -0.2) is 0 Å². The Morgan fingerprint density at radius 1 is 0.615 bits per heavy atom. The lowest BCUT2D eigenvalue weighted by atomic mass is 9.91. The van der Waals surface area contributed by atoms with E-state index in [1.807, 2.05) is 24.3 Å². The summed E-state index contributed by atoms with van der Waals surface area (Å²) in [6.45, 7) is 14.7. The zero-order chi connectivity index (χ0) is 18.3. The molecule has 0 bridgehead atoms. The molecule has 0 amide bonds. The second-order valence-corrected chi connectivity index (χ2v) is 5.82. The first-order chi connectivity index (χ1) is 12.7. The maximum atomic E-state index is 9.39. The molecule has 0 radical (unpaired) electrons. The van der Waals surface area contributed by atoms with Gasteiger partial charge >= 0.3 is 0 Å². The largest absolute Gasteiger partial charge is 0.250 e. The van der Waals surface area contributed by atoms with Crippen LogP contribution in [0.25, 0.3) is 42.0 Å². The summed E-state index contributed by atoms with van der Waals surface area (Å²) in [5.41, 5.74) is 1.22. The molecule has 0 aliphatic carbocycles. The molecule has 0 unspecified atom stereocenters. The molecule has 0 aromatic heterocycles. The molecule has 0 fully saturated rings. The van der Waals surface area contributed by atoms with Crippen LogP contribution >= 0.6 is 0 Å². The molecule has 4 nitrogen and oxygen atoms in total. The Balaban J connectivity index is 2.38. The molecule has 0 saturated carbocycles. The molecule has 0 saturated heterocycles. The Labute approximate surface area is 149 Å². The van der Waals surface area contributed by atoms with Crippen molar-refractivity contribution in [3.8, 4) is 12.1 Å². The Kier molecular flexibility index (Phi) is 3.27. The average molecular weight is 328 g/mol. The maximum Gasteiger partial charge on any atom is 0.195 e. The Morgan fingerprint density at radius 2 is 1.00 bits per heavy atom. The highest BCUT2D eigenvalue weighted by molar-refractivity contribution is 6.26. The monoisotopic (exact) mass is 328 g/mol. The number of hydrogen-bond donors (Lipinski definition) is 0. The van der Waals surface area contributed by atoms with Crippen LogP contribution in [0, 0.1) is 35.8 Å². The second-order valence-electron chi connectivity index (χ2n) is 5.82. The van der Waals surface area contributed by atoms with E-state index in [2.05, 4.69) is 21.8 Å². The first-order valence-electron chi connectivity index (χ1n) is 7.73. The van der Waals surface area contributed by atoms with Crippen molar-refractivity contribution in [1.29, 1.82) is 10.5 Å². The Bertz CT molecular complexity index is 1310. The van der Waals surface area contributed by atoms with Crippen LogP contribution in [-0.4, -0.2) is 0 Å². The molecule has 0 atom stereocenters. The normalized spacial score (nSPS) is 10.2. The summed E-state index contributed by atoms with van der Waals surface area (Å²) in [5.74, 6) is 0. The molecule has 0 aliphatic heterocycles. The van der Waals surface area contributed by atoms with Gasteiger partial charge in [0, 0.05) is 0 Å². The fraction of sp³-hybridized carbons (Fsp3) is 0. The van der Waals surface area contributed by atoms with Gasteiger partial charge in [-0.3, -0.25) is 9.69 Å². The molecule has 4 heteroatoms. The summed E-state index contributed by atoms with van der Waals surface area (Å²) in [6, 6.07) is 18.8. The van der Waals surface area contributed by atoms with E-state index in [0.29, 0.717) is 16.8 Å². The molecule has 0 N–H and O–H groups in total. The van der Waals surface area contributed by atoms with Gasteiger partial charge in [0.05, 0.1) is 24.3 Å². The van der Waals surface area contributed by atoms with E-state index < -0.39 is 0 Å². The van der Waals surface area contributed by atoms with Crippen LogP contribution in [0.5, 0.6) is 0 Å². The lowest BCUT2D eigenvalue weighted by molar-refractivity contribution is 1.45. The molecule has 116 valence electrons. The Hall–Kier alpha value is -4.38. The van der Waals surface area contributed by atoms with E-state index in [-0.39, 0.29) is 5.69 Å². The number of fused-ring (bicyclic) bond motifs is 6. The third-order valence-corrected chi connectivity index (χ3v) is 4.55. The lowest BCUT2D eigenvalue weighted by Crippen LogP contribution is -1.88. The standard InChI is InChI=1S/C22H8N4/c1-25-21-9-19-16-6-4-3-5-15(16)17-7-13(11-23)14(12-24)8-18(17)20(19)10-22(21)26-2/h3-10H.